The number of halogens is 1. The lowest BCUT2D eigenvalue weighted by Crippen LogP contribution is -2.41. The highest BCUT2D eigenvalue weighted by Gasteiger charge is 2.29. The number of fused-ring (bicyclic) bond motifs is 1. The first-order valence-corrected chi connectivity index (χ1v) is 7.28. The van der Waals surface area contributed by atoms with Crippen LogP contribution in [0.4, 0.5) is 0 Å². The Kier molecular flexibility index (Phi) is 3.17. The minimum atomic E-state index is -0.418. The molecule has 0 aliphatic carbocycles. The lowest BCUT2D eigenvalue weighted by molar-refractivity contribution is -0.135. The summed E-state index contributed by atoms with van der Waals surface area (Å²) < 4.78 is 3.39. The normalized spacial score (nSPS) is 19.7. The molecule has 2 aromatic rings. The largest absolute Gasteiger partial charge is 0.331 e. The third kappa shape index (κ3) is 2.20. The van der Waals surface area contributed by atoms with Gasteiger partial charge in [-0.3, -0.25) is 14.9 Å². The number of piperidine rings is 1. The smallest absolute Gasteiger partial charge is 0.249 e. The first kappa shape index (κ1) is 12.8. The average molecular weight is 387 g/mol. The van der Waals surface area contributed by atoms with E-state index in [4.69, 9.17) is 12.2 Å². The highest BCUT2D eigenvalue weighted by molar-refractivity contribution is 14.1. The van der Waals surface area contributed by atoms with Crippen molar-refractivity contribution in [3.05, 3.63) is 26.5 Å². The number of nitrogens with one attached hydrogen (secondary N) is 2. The topological polar surface area (TPSA) is 66.9 Å². The number of nitrogens with zero attached hydrogens (tertiary/aromatic N) is 1. The number of aromatic amines is 1. The van der Waals surface area contributed by atoms with Gasteiger partial charge in [-0.2, -0.15) is 0 Å². The highest BCUT2D eigenvalue weighted by atomic mass is 127. The van der Waals surface area contributed by atoms with Gasteiger partial charge >= 0.3 is 0 Å². The van der Waals surface area contributed by atoms with Crippen LogP contribution in [0.2, 0.25) is 0 Å². The Labute approximate surface area is 127 Å². The second-order valence-electron chi connectivity index (χ2n) is 4.43. The number of rotatable bonds is 1. The van der Waals surface area contributed by atoms with Crippen molar-refractivity contribution in [2.24, 2.45) is 0 Å². The number of aromatic nitrogens is 2. The lowest BCUT2D eigenvalue weighted by Gasteiger charge is -2.22. The molecule has 1 aromatic heterocycles. The van der Waals surface area contributed by atoms with Gasteiger partial charge in [0.25, 0.3) is 0 Å². The van der Waals surface area contributed by atoms with Crippen LogP contribution < -0.4 is 5.32 Å². The van der Waals surface area contributed by atoms with Gasteiger partial charge in [-0.15, -0.1) is 0 Å². The van der Waals surface area contributed by atoms with E-state index in [-0.39, 0.29) is 11.8 Å². The molecule has 1 unspecified atom stereocenters. The van der Waals surface area contributed by atoms with E-state index >= 15 is 0 Å². The van der Waals surface area contributed by atoms with Gasteiger partial charge < -0.3 is 9.55 Å². The van der Waals surface area contributed by atoms with E-state index in [9.17, 15) is 9.59 Å². The van der Waals surface area contributed by atoms with Crippen LogP contribution in [0.1, 0.15) is 18.9 Å². The number of imidazole rings is 1. The van der Waals surface area contributed by atoms with E-state index < -0.39 is 6.04 Å². The van der Waals surface area contributed by atoms with Crippen molar-refractivity contribution in [1.29, 1.82) is 0 Å². The standard InChI is InChI=1S/C12H10IN3O2S/c13-6-1-2-8-7(5-6)14-12(19)16(8)9-3-4-10(17)15-11(9)18/h1-2,5,9H,3-4H2,(H,14,19)(H,15,17,18). The first-order valence-electron chi connectivity index (χ1n) is 5.80. The maximum absolute atomic E-state index is 12.0. The fraction of sp³-hybridized carbons (Fsp3) is 0.250. The average Bonchev–Trinajstić information content (AvgIpc) is 2.65. The van der Waals surface area contributed by atoms with Gasteiger partial charge in [0.05, 0.1) is 11.0 Å². The third-order valence-electron chi connectivity index (χ3n) is 3.20. The summed E-state index contributed by atoms with van der Waals surface area (Å²) in [6.07, 6.45) is 0.827. The second-order valence-corrected chi connectivity index (χ2v) is 6.06. The number of hydrogen-bond acceptors (Lipinski definition) is 3. The fourth-order valence-corrected chi connectivity index (χ4v) is 3.17. The summed E-state index contributed by atoms with van der Waals surface area (Å²) in [5.41, 5.74) is 1.79. The fourth-order valence-electron chi connectivity index (χ4n) is 2.34. The second kappa shape index (κ2) is 4.71. The third-order valence-corrected chi connectivity index (χ3v) is 4.17. The monoisotopic (exact) mass is 387 g/mol. The molecule has 19 heavy (non-hydrogen) atoms. The van der Waals surface area contributed by atoms with Crippen LogP contribution in [0.15, 0.2) is 18.2 Å². The van der Waals surface area contributed by atoms with Crippen LogP contribution in [0.25, 0.3) is 11.0 Å². The van der Waals surface area contributed by atoms with Crippen LogP contribution in [0.3, 0.4) is 0 Å². The van der Waals surface area contributed by atoms with E-state index in [2.05, 4.69) is 32.9 Å². The summed E-state index contributed by atoms with van der Waals surface area (Å²) in [7, 11) is 0. The predicted molar refractivity (Wildman–Crippen MR) is 81.3 cm³/mol. The summed E-state index contributed by atoms with van der Waals surface area (Å²) in [4.78, 5) is 26.3. The van der Waals surface area contributed by atoms with Crippen molar-refractivity contribution < 1.29 is 9.59 Å². The van der Waals surface area contributed by atoms with E-state index in [1.807, 2.05) is 18.2 Å². The van der Waals surface area contributed by atoms with Crippen molar-refractivity contribution in [1.82, 2.24) is 14.9 Å². The Hall–Kier alpha value is -1.22. The van der Waals surface area contributed by atoms with E-state index in [0.717, 1.165) is 14.6 Å². The van der Waals surface area contributed by atoms with Crippen LogP contribution in [0.5, 0.6) is 0 Å². The molecule has 2 heterocycles. The van der Waals surface area contributed by atoms with E-state index in [1.165, 1.54) is 0 Å². The maximum atomic E-state index is 12.0. The molecule has 1 aliphatic rings. The molecule has 0 spiro atoms. The Morgan fingerprint density at radius 2 is 2.16 bits per heavy atom. The van der Waals surface area contributed by atoms with Gasteiger partial charge in [-0.1, -0.05) is 0 Å². The molecular formula is C12H10IN3O2S. The Balaban J connectivity index is 2.15. The Morgan fingerprint density at radius 1 is 1.37 bits per heavy atom. The first-order chi connectivity index (χ1) is 9.06. The van der Waals surface area contributed by atoms with Crippen LogP contribution in [-0.4, -0.2) is 21.4 Å². The number of carbonyl (C=O) groups is 2. The van der Waals surface area contributed by atoms with Crippen molar-refractivity contribution in [3.63, 3.8) is 0 Å². The molecule has 1 aromatic carbocycles. The molecule has 0 bridgehead atoms. The molecule has 2 amide bonds. The molecule has 0 radical (unpaired) electrons. The minimum absolute atomic E-state index is 0.220. The molecule has 2 N–H and O–H groups in total. The molecule has 7 heteroatoms. The molecular weight excluding hydrogens is 377 g/mol. The molecule has 1 aliphatic heterocycles. The van der Waals surface area contributed by atoms with Crippen LogP contribution in [0, 0.1) is 8.34 Å². The van der Waals surface area contributed by atoms with Gasteiger partial charge in [0.15, 0.2) is 4.77 Å². The number of carbonyl (C=O) groups excluding carboxylic acids is 2. The zero-order valence-corrected chi connectivity index (χ0v) is 12.7. The van der Waals surface area contributed by atoms with E-state index in [0.29, 0.717) is 17.6 Å². The number of imide groups is 1. The Bertz CT molecular complexity index is 749. The molecule has 1 atom stereocenters. The number of hydrogen-bond donors (Lipinski definition) is 2. The summed E-state index contributed by atoms with van der Waals surface area (Å²) in [6, 6.07) is 5.47. The Morgan fingerprint density at radius 3 is 2.89 bits per heavy atom. The van der Waals surface area contributed by atoms with Crippen molar-refractivity contribution in [2.75, 3.05) is 0 Å². The van der Waals surface area contributed by atoms with Gasteiger partial charge in [-0.05, 0) is 59.4 Å². The predicted octanol–water partition coefficient (Wildman–Crippen LogP) is 2.28. The van der Waals surface area contributed by atoms with Crippen LogP contribution in [-0.2, 0) is 9.59 Å². The van der Waals surface area contributed by atoms with E-state index in [1.54, 1.807) is 4.57 Å². The molecule has 98 valence electrons. The molecule has 3 rings (SSSR count). The summed E-state index contributed by atoms with van der Waals surface area (Å²) in [6.45, 7) is 0. The number of H-pyrrole nitrogens is 1. The minimum Gasteiger partial charge on any atom is -0.331 e. The van der Waals surface area contributed by atoms with Crippen molar-refractivity contribution >= 4 is 57.7 Å². The zero-order valence-electron chi connectivity index (χ0n) is 9.77. The van der Waals surface area contributed by atoms with Crippen LogP contribution >= 0.6 is 34.8 Å². The van der Waals surface area contributed by atoms with Gasteiger partial charge in [-0.25, -0.2) is 0 Å². The molecule has 5 nitrogen and oxygen atoms in total. The molecule has 1 saturated heterocycles. The van der Waals surface area contributed by atoms with Crippen molar-refractivity contribution in [2.45, 2.75) is 18.9 Å². The van der Waals surface area contributed by atoms with Gasteiger partial charge in [0, 0.05) is 9.99 Å². The maximum Gasteiger partial charge on any atom is 0.249 e. The molecule has 1 fully saturated rings. The summed E-state index contributed by atoms with van der Waals surface area (Å²) in [5.74, 6) is -0.506. The van der Waals surface area contributed by atoms with Crippen molar-refractivity contribution in [3.8, 4) is 0 Å². The SMILES string of the molecule is O=C1CCC(n2c(=S)[nH]c3cc(I)ccc32)C(=O)N1. The highest BCUT2D eigenvalue weighted by Crippen LogP contribution is 2.25. The van der Waals surface area contributed by atoms with Gasteiger partial charge in [0.1, 0.15) is 6.04 Å². The number of amides is 2. The zero-order chi connectivity index (χ0) is 13.6. The summed E-state index contributed by atoms with van der Waals surface area (Å²) >= 11 is 7.52. The molecule has 0 saturated carbocycles. The van der Waals surface area contributed by atoms with Gasteiger partial charge in [0.2, 0.25) is 11.8 Å². The number of benzene rings is 1. The quantitative estimate of drug-likeness (QED) is 0.448. The lowest BCUT2D eigenvalue weighted by atomic mass is 10.1. The summed E-state index contributed by atoms with van der Waals surface area (Å²) in [5, 5.41) is 2.36.